The topological polar surface area (TPSA) is 63.7 Å². The maximum absolute atomic E-state index is 12.2. The molecule has 0 radical (unpaired) electrons. The smallest absolute Gasteiger partial charge is 0.255 e. The Morgan fingerprint density at radius 1 is 1.17 bits per heavy atom. The van der Waals surface area contributed by atoms with Crippen LogP contribution in [0.2, 0.25) is 0 Å². The van der Waals surface area contributed by atoms with Gasteiger partial charge in [0.2, 0.25) is 0 Å². The SMILES string of the molecule is COc1ccc(OCCNC(=O)c2cccnc2N(C)C)cc1. The van der Waals surface area contributed by atoms with Crippen LogP contribution in [0, 0.1) is 0 Å². The van der Waals surface area contributed by atoms with Crippen molar-refractivity contribution in [3.8, 4) is 11.5 Å². The lowest BCUT2D eigenvalue weighted by Gasteiger charge is -2.15. The van der Waals surface area contributed by atoms with Crippen molar-refractivity contribution in [2.75, 3.05) is 39.3 Å². The van der Waals surface area contributed by atoms with Crippen molar-refractivity contribution in [3.05, 3.63) is 48.2 Å². The summed E-state index contributed by atoms with van der Waals surface area (Å²) in [5.74, 6) is 1.98. The highest BCUT2D eigenvalue weighted by Gasteiger charge is 2.12. The fraction of sp³-hybridized carbons (Fsp3) is 0.294. The molecule has 0 aliphatic rings. The molecule has 122 valence electrons. The van der Waals surface area contributed by atoms with Gasteiger partial charge >= 0.3 is 0 Å². The number of aromatic nitrogens is 1. The van der Waals surface area contributed by atoms with Gasteiger partial charge in [-0.25, -0.2) is 4.98 Å². The second-order valence-electron chi connectivity index (χ2n) is 5.05. The van der Waals surface area contributed by atoms with Crippen molar-refractivity contribution in [2.45, 2.75) is 0 Å². The molecule has 0 spiro atoms. The largest absolute Gasteiger partial charge is 0.497 e. The number of rotatable bonds is 7. The first-order chi connectivity index (χ1) is 11.1. The van der Waals surface area contributed by atoms with Gasteiger partial charge in [0.25, 0.3) is 5.91 Å². The number of nitrogens with one attached hydrogen (secondary N) is 1. The van der Waals surface area contributed by atoms with Gasteiger partial charge in [0.05, 0.1) is 19.2 Å². The Balaban J connectivity index is 1.83. The number of methoxy groups -OCH3 is 1. The van der Waals surface area contributed by atoms with E-state index < -0.39 is 0 Å². The van der Waals surface area contributed by atoms with Gasteiger partial charge in [0.1, 0.15) is 23.9 Å². The van der Waals surface area contributed by atoms with Crippen molar-refractivity contribution in [1.29, 1.82) is 0 Å². The third-order valence-corrected chi connectivity index (χ3v) is 3.17. The fourth-order valence-electron chi connectivity index (χ4n) is 2.03. The second-order valence-corrected chi connectivity index (χ2v) is 5.05. The van der Waals surface area contributed by atoms with Gasteiger partial charge in [-0.3, -0.25) is 4.79 Å². The molecule has 2 aromatic rings. The Kier molecular flexibility index (Phi) is 5.80. The number of ether oxygens (including phenoxy) is 2. The zero-order chi connectivity index (χ0) is 16.7. The molecule has 1 amide bonds. The van der Waals surface area contributed by atoms with E-state index in [2.05, 4.69) is 10.3 Å². The molecule has 1 aromatic carbocycles. The van der Waals surface area contributed by atoms with Crippen LogP contribution in [0.5, 0.6) is 11.5 Å². The minimum atomic E-state index is -0.167. The minimum absolute atomic E-state index is 0.167. The van der Waals surface area contributed by atoms with Crippen LogP contribution >= 0.6 is 0 Å². The molecule has 6 heteroatoms. The number of benzene rings is 1. The number of carbonyl (C=O) groups is 1. The third kappa shape index (κ3) is 4.60. The van der Waals surface area contributed by atoms with Crippen LogP contribution < -0.4 is 19.7 Å². The zero-order valence-electron chi connectivity index (χ0n) is 13.6. The van der Waals surface area contributed by atoms with E-state index in [1.165, 1.54) is 0 Å². The predicted octanol–water partition coefficient (Wildman–Crippen LogP) is 1.96. The van der Waals surface area contributed by atoms with Gasteiger partial charge in [-0.2, -0.15) is 0 Å². The van der Waals surface area contributed by atoms with Crippen molar-refractivity contribution < 1.29 is 14.3 Å². The quantitative estimate of drug-likeness (QED) is 0.791. The van der Waals surface area contributed by atoms with Gasteiger partial charge in [-0.15, -0.1) is 0 Å². The number of amides is 1. The van der Waals surface area contributed by atoms with E-state index >= 15 is 0 Å². The fourth-order valence-corrected chi connectivity index (χ4v) is 2.03. The highest BCUT2D eigenvalue weighted by atomic mass is 16.5. The van der Waals surface area contributed by atoms with Gasteiger partial charge in [0.15, 0.2) is 0 Å². The first kappa shape index (κ1) is 16.6. The predicted molar refractivity (Wildman–Crippen MR) is 89.4 cm³/mol. The molecule has 1 aromatic heterocycles. The van der Waals surface area contributed by atoms with Crippen LogP contribution in [-0.4, -0.2) is 45.2 Å². The molecule has 0 saturated carbocycles. The summed E-state index contributed by atoms with van der Waals surface area (Å²) >= 11 is 0. The van der Waals surface area contributed by atoms with Crippen molar-refractivity contribution in [1.82, 2.24) is 10.3 Å². The average molecular weight is 315 g/mol. The van der Waals surface area contributed by atoms with E-state index in [1.54, 1.807) is 25.4 Å². The van der Waals surface area contributed by atoms with Gasteiger partial charge < -0.3 is 19.7 Å². The standard InChI is InChI=1S/C17H21N3O3/c1-20(2)16-15(5-4-10-18-16)17(21)19-11-12-23-14-8-6-13(22-3)7-9-14/h4-10H,11-12H2,1-3H3,(H,19,21). The van der Waals surface area contributed by atoms with E-state index in [9.17, 15) is 4.79 Å². The summed E-state index contributed by atoms with van der Waals surface area (Å²) in [7, 11) is 5.32. The molecule has 6 nitrogen and oxygen atoms in total. The lowest BCUT2D eigenvalue weighted by molar-refractivity contribution is 0.0947. The zero-order valence-corrected chi connectivity index (χ0v) is 13.6. The van der Waals surface area contributed by atoms with Gasteiger partial charge in [-0.1, -0.05) is 0 Å². The molecular weight excluding hydrogens is 294 g/mol. The van der Waals surface area contributed by atoms with Gasteiger partial charge in [-0.05, 0) is 36.4 Å². The summed E-state index contributed by atoms with van der Waals surface area (Å²) < 4.78 is 10.7. The van der Waals surface area contributed by atoms with Crippen LogP contribution in [0.15, 0.2) is 42.6 Å². The molecular formula is C17H21N3O3. The summed E-state index contributed by atoms with van der Waals surface area (Å²) in [5.41, 5.74) is 0.543. The first-order valence-electron chi connectivity index (χ1n) is 7.29. The number of hydrogen-bond donors (Lipinski definition) is 1. The third-order valence-electron chi connectivity index (χ3n) is 3.17. The second kappa shape index (κ2) is 8.03. The maximum Gasteiger partial charge on any atom is 0.255 e. The Bertz CT molecular complexity index is 642. The summed E-state index contributed by atoms with van der Waals surface area (Å²) in [5, 5.41) is 2.83. The molecule has 0 fully saturated rings. The minimum Gasteiger partial charge on any atom is -0.497 e. The van der Waals surface area contributed by atoms with E-state index in [0.717, 1.165) is 11.5 Å². The number of nitrogens with zero attached hydrogens (tertiary/aromatic N) is 2. The molecule has 0 atom stereocenters. The van der Waals surface area contributed by atoms with Crippen molar-refractivity contribution in [3.63, 3.8) is 0 Å². The lowest BCUT2D eigenvalue weighted by atomic mass is 10.2. The van der Waals surface area contributed by atoms with E-state index in [1.807, 2.05) is 43.3 Å². The highest BCUT2D eigenvalue weighted by molar-refractivity contribution is 5.98. The maximum atomic E-state index is 12.2. The van der Waals surface area contributed by atoms with Crippen LogP contribution in [0.1, 0.15) is 10.4 Å². The Labute approximate surface area is 136 Å². The number of hydrogen-bond acceptors (Lipinski definition) is 5. The van der Waals surface area contributed by atoms with E-state index in [-0.39, 0.29) is 5.91 Å². The molecule has 0 saturated heterocycles. The molecule has 0 aliphatic carbocycles. The first-order valence-corrected chi connectivity index (χ1v) is 7.29. The van der Waals surface area contributed by atoms with Crippen LogP contribution in [0.25, 0.3) is 0 Å². The Hall–Kier alpha value is -2.76. The van der Waals surface area contributed by atoms with Crippen LogP contribution in [0.3, 0.4) is 0 Å². The Morgan fingerprint density at radius 2 is 1.87 bits per heavy atom. The van der Waals surface area contributed by atoms with Crippen LogP contribution in [0.4, 0.5) is 5.82 Å². The normalized spacial score (nSPS) is 10.0. The van der Waals surface area contributed by atoms with E-state index in [4.69, 9.17) is 9.47 Å². The molecule has 1 N–H and O–H groups in total. The number of carbonyl (C=O) groups excluding carboxylic acids is 1. The molecule has 2 rings (SSSR count). The van der Waals surface area contributed by atoms with Gasteiger partial charge in [0, 0.05) is 20.3 Å². The number of pyridine rings is 1. The molecule has 23 heavy (non-hydrogen) atoms. The molecule has 1 heterocycles. The summed E-state index contributed by atoms with van der Waals surface area (Å²) in [6.07, 6.45) is 1.67. The monoisotopic (exact) mass is 315 g/mol. The Morgan fingerprint density at radius 3 is 2.52 bits per heavy atom. The lowest BCUT2D eigenvalue weighted by Crippen LogP contribution is -2.29. The summed E-state index contributed by atoms with van der Waals surface area (Å²) in [6.45, 7) is 0.794. The highest BCUT2D eigenvalue weighted by Crippen LogP contribution is 2.17. The van der Waals surface area contributed by atoms with Crippen molar-refractivity contribution >= 4 is 11.7 Å². The molecule has 0 aliphatic heterocycles. The van der Waals surface area contributed by atoms with Crippen molar-refractivity contribution in [2.24, 2.45) is 0 Å². The molecule has 0 unspecified atom stereocenters. The summed E-state index contributed by atoms with van der Waals surface area (Å²) in [4.78, 5) is 18.2. The summed E-state index contributed by atoms with van der Waals surface area (Å²) in [6, 6.07) is 10.8. The molecule has 0 bridgehead atoms. The van der Waals surface area contributed by atoms with E-state index in [0.29, 0.717) is 24.5 Å². The number of anilines is 1. The van der Waals surface area contributed by atoms with Crippen LogP contribution in [-0.2, 0) is 0 Å². The average Bonchev–Trinajstić information content (AvgIpc) is 2.59.